The van der Waals surface area contributed by atoms with Crippen LogP contribution in [0.3, 0.4) is 0 Å². The molecule has 0 saturated carbocycles. The van der Waals surface area contributed by atoms with Gasteiger partial charge < -0.3 is 24.4 Å². The minimum absolute atomic E-state index is 0.0361. The van der Waals surface area contributed by atoms with Crippen LogP contribution in [-0.2, 0) is 11.3 Å². The number of nitrogens with zero attached hydrogens (tertiary/aromatic N) is 4. The summed E-state index contributed by atoms with van der Waals surface area (Å²) in [5.74, 6) is 0. The highest BCUT2D eigenvalue weighted by Crippen LogP contribution is 2.38. The molecule has 0 aliphatic carbocycles. The molecule has 0 spiro atoms. The van der Waals surface area contributed by atoms with Crippen molar-refractivity contribution in [3.05, 3.63) is 54.1 Å². The van der Waals surface area contributed by atoms with E-state index in [1.807, 2.05) is 18.3 Å². The summed E-state index contributed by atoms with van der Waals surface area (Å²) in [5.41, 5.74) is 2.28. The molecule has 3 atom stereocenters. The first-order chi connectivity index (χ1) is 13.6. The minimum atomic E-state index is 0.0361. The molecule has 6 nitrogen and oxygen atoms in total. The standard InChI is InChI=1S/C21H29N5OS/c1-24(2)12-13-26-20(19(23-21(26)28)17-8-3-4-10-22-17)18-9-5-11-25(18)15-16-7-6-14-27-16/h3-5,8-11,16,19-20H,6-7,12-15H2,1-2H3,(H,23,28)/t16-,19+,20-/m0/s1. The lowest BCUT2D eigenvalue weighted by Crippen LogP contribution is -2.36. The zero-order valence-electron chi connectivity index (χ0n) is 16.6. The second kappa shape index (κ2) is 8.59. The lowest BCUT2D eigenvalue weighted by Gasteiger charge is -2.30. The first-order valence-electron chi connectivity index (χ1n) is 10.0. The van der Waals surface area contributed by atoms with Crippen LogP contribution >= 0.6 is 12.2 Å². The summed E-state index contributed by atoms with van der Waals surface area (Å²) in [5, 5.41) is 4.33. The fourth-order valence-corrected chi connectivity index (χ4v) is 4.48. The maximum atomic E-state index is 5.89. The van der Waals surface area contributed by atoms with Gasteiger partial charge >= 0.3 is 0 Å². The Morgan fingerprint density at radius 3 is 2.89 bits per heavy atom. The molecule has 2 saturated heterocycles. The summed E-state index contributed by atoms with van der Waals surface area (Å²) >= 11 is 5.74. The van der Waals surface area contributed by atoms with Crippen molar-refractivity contribution < 1.29 is 4.74 Å². The predicted molar refractivity (Wildman–Crippen MR) is 114 cm³/mol. The average molecular weight is 400 g/mol. The molecule has 1 N–H and O–H groups in total. The Balaban J connectivity index is 1.66. The highest BCUT2D eigenvalue weighted by Gasteiger charge is 2.41. The van der Waals surface area contributed by atoms with Crippen LogP contribution < -0.4 is 5.32 Å². The van der Waals surface area contributed by atoms with Gasteiger partial charge in [0.1, 0.15) is 0 Å². The lowest BCUT2D eigenvalue weighted by atomic mass is 10.0. The van der Waals surface area contributed by atoms with Crippen LogP contribution in [0.5, 0.6) is 0 Å². The smallest absolute Gasteiger partial charge is 0.170 e. The fraction of sp³-hybridized carbons (Fsp3) is 0.524. The largest absolute Gasteiger partial charge is 0.376 e. The van der Waals surface area contributed by atoms with E-state index in [0.29, 0.717) is 6.10 Å². The van der Waals surface area contributed by atoms with E-state index in [1.54, 1.807) is 0 Å². The molecular formula is C21H29N5OS. The third kappa shape index (κ3) is 4.06. The molecule has 2 aliphatic rings. The van der Waals surface area contributed by atoms with E-state index in [4.69, 9.17) is 17.0 Å². The van der Waals surface area contributed by atoms with Crippen molar-refractivity contribution in [2.24, 2.45) is 0 Å². The molecule has 0 radical (unpaired) electrons. The van der Waals surface area contributed by atoms with E-state index >= 15 is 0 Å². The molecule has 0 aromatic carbocycles. The third-order valence-corrected chi connectivity index (χ3v) is 5.93. The molecule has 2 aromatic rings. The van der Waals surface area contributed by atoms with Crippen LogP contribution in [0.1, 0.15) is 36.3 Å². The number of aromatic nitrogens is 2. The van der Waals surface area contributed by atoms with Gasteiger partial charge in [-0.15, -0.1) is 0 Å². The minimum Gasteiger partial charge on any atom is -0.376 e. The number of likely N-dealkylation sites (N-methyl/N-ethyl adjacent to an activating group) is 1. The number of ether oxygens (including phenoxy) is 1. The Morgan fingerprint density at radius 2 is 2.18 bits per heavy atom. The summed E-state index contributed by atoms with van der Waals surface area (Å²) < 4.78 is 8.23. The SMILES string of the molecule is CN(C)CCN1C(=S)N[C@H](c2ccccn2)[C@@H]1c1cccn1C[C@@H]1CCCO1. The molecule has 2 aliphatic heterocycles. The van der Waals surface area contributed by atoms with E-state index in [0.717, 1.165) is 49.9 Å². The molecule has 4 heterocycles. The quantitative estimate of drug-likeness (QED) is 0.722. The van der Waals surface area contributed by atoms with Crippen molar-refractivity contribution in [1.29, 1.82) is 0 Å². The third-order valence-electron chi connectivity index (χ3n) is 5.58. The van der Waals surface area contributed by atoms with E-state index in [9.17, 15) is 0 Å². The summed E-state index contributed by atoms with van der Waals surface area (Å²) in [4.78, 5) is 9.13. The maximum absolute atomic E-state index is 5.89. The zero-order chi connectivity index (χ0) is 19.5. The second-order valence-electron chi connectivity index (χ2n) is 7.84. The summed E-state index contributed by atoms with van der Waals surface area (Å²) in [6.07, 6.45) is 6.61. The van der Waals surface area contributed by atoms with Crippen LogP contribution in [0, 0.1) is 0 Å². The Morgan fingerprint density at radius 1 is 1.29 bits per heavy atom. The van der Waals surface area contributed by atoms with Crippen molar-refractivity contribution in [3.8, 4) is 0 Å². The molecule has 7 heteroatoms. The van der Waals surface area contributed by atoms with Crippen LogP contribution in [0.2, 0.25) is 0 Å². The highest BCUT2D eigenvalue weighted by atomic mass is 32.1. The summed E-state index contributed by atoms with van der Waals surface area (Å²) in [7, 11) is 4.19. The monoisotopic (exact) mass is 399 g/mol. The molecule has 0 bridgehead atoms. The van der Waals surface area contributed by atoms with Crippen LogP contribution in [0.15, 0.2) is 42.7 Å². The number of hydrogen-bond acceptors (Lipinski definition) is 4. The Hall–Kier alpha value is -1.96. The van der Waals surface area contributed by atoms with Crippen molar-refractivity contribution >= 4 is 17.3 Å². The van der Waals surface area contributed by atoms with Crippen molar-refractivity contribution in [3.63, 3.8) is 0 Å². The van der Waals surface area contributed by atoms with Crippen molar-refractivity contribution in [1.82, 2.24) is 24.7 Å². The van der Waals surface area contributed by atoms with Crippen LogP contribution in [0.25, 0.3) is 0 Å². The van der Waals surface area contributed by atoms with Gasteiger partial charge in [-0.1, -0.05) is 6.07 Å². The topological polar surface area (TPSA) is 45.6 Å². The Kier molecular flexibility index (Phi) is 5.94. The van der Waals surface area contributed by atoms with Gasteiger partial charge in [0.2, 0.25) is 0 Å². The van der Waals surface area contributed by atoms with Gasteiger partial charge in [0.05, 0.1) is 23.9 Å². The van der Waals surface area contributed by atoms with Gasteiger partial charge in [-0.25, -0.2) is 0 Å². The lowest BCUT2D eigenvalue weighted by molar-refractivity contribution is 0.0953. The van der Waals surface area contributed by atoms with Crippen LogP contribution in [-0.4, -0.2) is 64.4 Å². The van der Waals surface area contributed by atoms with Crippen molar-refractivity contribution in [2.45, 2.75) is 37.6 Å². The molecule has 2 fully saturated rings. The highest BCUT2D eigenvalue weighted by molar-refractivity contribution is 7.80. The van der Waals surface area contributed by atoms with Crippen molar-refractivity contribution in [2.75, 3.05) is 33.8 Å². The van der Waals surface area contributed by atoms with E-state index in [-0.39, 0.29) is 12.1 Å². The first kappa shape index (κ1) is 19.4. The molecule has 0 amide bonds. The summed E-state index contributed by atoms with van der Waals surface area (Å²) in [6, 6.07) is 10.6. The number of rotatable bonds is 7. The number of nitrogens with one attached hydrogen (secondary N) is 1. The Labute approximate surface area is 172 Å². The van der Waals surface area contributed by atoms with E-state index in [2.05, 4.69) is 63.2 Å². The second-order valence-corrected chi connectivity index (χ2v) is 8.23. The Bertz CT molecular complexity index is 787. The van der Waals surface area contributed by atoms with Gasteiger partial charge in [-0.05, 0) is 63.4 Å². The molecule has 2 aromatic heterocycles. The first-order valence-corrected chi connectivity index (χ1v) is 10.4. The van der Waals surface area contributed by atoms with Gasteiger partial charge in [0.15, 0.2) is 5.11 Å². The molecule has 28 heavy (non-hydrogen) atoms. The predicted octanol–water partition coefficient (Wildman–Crippen LogP) is 2.60. The summed E-state index contributed by atoms with van der Waals surface area (Å²) in [6.45, 7) is 3.58. The molecule has 4 rings (SSSR count). The molecule has 0 unspecified atom stereocenters. The average Bonchev–Trinajstić information content (AvgIpc) is 3.42. The fourth-order valence-electron chi connectivity index (χ4n) is 4.15. The van der Waals surface area contributed by atoms with Crippen LogP contribution in [0.4, 0.5) is 0 Å². The van der Waals surface area contributed by atoms with Gasteiger partial charge in [-0.3, -0.25) is 4.98 Å². The number of pyridine rings is 1. The van der Waals surface area contributed by atoms with Gasteiger partial charge in [-0.2, -0.15) is 0 Å². The van der Waals surface area contributed by atoms with Gasteiger partial charge in [0.25, 0.3) is 0 Å². The maximum Gasteiger partial charge on any atom is 0.170 e. The molecular weight excluding hydrogens is 370 g/mol. The zero-order valence-corrected chi connectivity index (χ0v) is 17.4. The van der Waals surface area contributed by atoms with Gasteiger partial charge in [0, 0.05) is 44.3 Å². The van der Waals surface area contributed by atoms with E-state index < -0.39 is 0 Å². The number of hydrogen-bond donors (Lipinski definition) is 1. The number of thiocarbonyl (C=S) groups is 1. The van der Waals surface area contributed by atoms with E-state index in [1.165, 1.54) is 5.69 Å². The normalized spacial score (nSPS) is 24.9. The molecule has 150 valence electrons.